The lowest BCUT2D eigenvalue weighted by atomic mass is 9.45. The molecule has 0 amide bonds. The minimum absolute atomic E-state index is 0.0323. The van der Waals surface area contributed by atoms with Crippen molar-refractivity contribution in [3.63, 3.8) is 0 Å². The number of aliphatic hydroxyl groups excluding tert-OH is 1. The summed E-state index contributed by atoms with van der Waals surface area (Å²) in [5.74, 6) is -0.155. The lowest BCUT2D eigenvalue weighted by Crippen LogP contribution is -2.60. The Bertz CT molecular complexity index is 830. The Kier molecular flexibility index (Phi) is 5.78. The smallest absolute Gasteiger partial charge is 0.506 e. The first-order valence-corrected chi connectivity index (χ1v) is 11.6. The minimum atomic E-state index is -0.997. The lowest BCUT2D eigenvalue weighted by molar-refractivity contribution is -0.422. The van der Waals surface area contributed by atoms with E-state index in [1.807, 2.05) is 6.92 Å². The number of ketones is 3. The number of carbonyl (C=O) groups excluding carboxylic acids is 4. The molecule has 4 rings (SSSR count). The van der Waals surface area contributed by atoms with Crippen molar-refractivity contribution in [2.45, 2.75) is 83.8 Å². The Labute approximate surface area is 183 Å². The van der Waals surface area contributed by atoms with Gasteiger partial charge < -0.3 is 10.2 Å². The van der Waals surface area contributed by atoms with E-state index in [1.165, 1.54) is 6.08 Å². The molecule has 8 atom stereocenters. The van der Waals surface area contributed by atoms with Crippen LogP contribution in [-0.4, -0.2) is 41.0 Å². The van der Waals surface area contributed by atoms with Crippen molar-refractivity contribution < 1.29 is 29.4 Å². The third-order valence-electron chi connectivity index (χ3n) is 9.33. The van der Waals surface area contributed by atoms with Crippen LogP contribution < -0.4 is 5.11 Å². The summed E-state index contributed by atoms with van der Waals surface area (Å²) in [5.41, 5.74) is -0.347. The lowest BCUT2D eigenvalue weighted by Gasteiger charge is -2.62. The molecule has 0 heterocycles. The van der Waals surface area contributed by atoms with E-state index >= 15 is 0 Å². The highest BCUT2D eigenvalue weighted by atomic mass is 16.3. The van der Waals surface area contributed by atoms with Gasteiger partial charge >= 0.3 is 6.29 Å². The van der Waals surface area contributed by atoms with Gasteiger partial charge in [0.15, 0.2) is 5.78 Å². The Balaban J connectivity index is 1.57. The first kappa shape index (κ1) is 22.4. The molecule has 4 aliphatic carbocycles. The molecular formula is C25H32O6. The van der Waals surface area contributed by atoms with E-state index in [0.29, 0.717) is 12.0 Å². The van der Waals surface area contributed by atoms with Gasteiger partial charge in [0, 0.05) is 22.5 Å². The van der Waals surface area contributed by atoms with Gasteiger partial charge in [-0.1, -0.05) is 25.8 Å². The molecule has 4 aliphatic rings. The van der Waals surface area contributed by atoms with E-state index < -0.39 is 17.6 Å². The highest BCUT2D eigenvalue weighted by molar-refractivity contribution is 6.01. The second-order valence-electron chi connectivity index (χ2n) is 10.7. The molecule has 0 aromatic carbocycles. The molecule has 0 saturated heterocycles. The molecule has 0 bridgehead atoms. The first-order valence-electron chi connectivity index (χ1n) is 11.6. The summed E-state index contributed by atoms with van der Waals surface area (Å²) in [7, 11) is 0. The Morgan fingerprint density at radius 2 is 1.97 bits per heavy atom. The SMILES string of the molecule is C[C@]12CC[C@H]3[C@@H](CC([O-])C4=CC(=O)CC(O)[C@@]43C)[C@@H]1CC[C@@H]2C(=O)CC(=O)CC[C+]=O. The Morgan fingerprint density at radius 1 is 1.23 bits per heavy atom. The van der Waals surface area contributed by atoms with Gasteiger partial charge in [-0.2, -0.15) is 0 Å². The molecule has 6 heteroatoms. The van der Waals surface area contributed by atoms with Crippen LogP contribution in [0.2, 0.25) is 0 Å². The number of hydrogen-bond acceptors (Lipinski definition) is 6. The molecule has 0 spiro atoms. The second-order valence-corrected chi connectivity index (χ2v) is 10.7. The molecule has 0 aromatic heterocycles. The van der Waals surface area contributed by atoms with Gasteiger partial charge in [-0.3, -0.25) is 14.4 Å². The van der Waals surface area contributed by atoms with Crippen molar-refractivity contribution in [2.24, 2.45) is 34.5 Å². The maximum absolute atomic E-state index is 13.1. The Morgan fingerprint density at radius 3 is 2.68 bits per heavy atom. The molecule has 3 saturated carbocycles. The molecule has 0 aromatic rings. The van der Waals surface area contributed by atoms with Gasteiger partial charge in [-0.25, -0.2) is 0 Å². The first-order chi connectivity index (χ1) is 14.6. The standard InChI is InChI=1S/C25H32O6/c1-24-8-7-18-16(13-22(30)20-10-15(28)12-23(31)25(18,20)2)17(24)5-6-19(24)21(29)11-14(27)4-3-9-26/h10,16-19,22-23,31H,3-8,11-13H2,1-2H3/t16-,17-,18-,19+,22?,23?,24-,25+/m0/s1. The summed E-state index contributed by atoms with van der Waals surface area (Å²) in [6.07, 6.45) is 5.05. The number of fused-ring (bicyclic) bond motifs is 5. The van der Waals surface area contributed by atoms with Crippen LogP contribution in [0.15, 0.2) is 11.6 Å². The van der Waals surface area contributed by atoms with Gasteiger partial charge in [-0.05, 0) is 54.9 Å². The average molecular weight is 429 g/mol. The molecule has 0 aliphatic heterocycles. The fourth-order valence-corrected chi connectivity index (χ4v) is 7.74. The number of aliphatic hydroxyl groups is 1. The normalized spacial score (nSPS) is 43.9. The van der Waals surface area contributed by atoms with Crippen LogP contribution in [0.25, 0.3) is 0 Å². The molecule has 31 heavy (non-hydrogen) atoms. The van der Waals surface area contributed by atoms with Crippen LogP contribution in [-0.2, 0) is 19.2 Å². The molecule has 1 N–H and O–H groups in total. The summed E-state index contributed by atoms with van der Waals surface area (Å²) in [5, 5.41) is 24.0. The van der Waals surface area contributed by atoms with Gasteiger partial charge in [0.2, 0.25) is 6.42 Å². The van der Waals surface area contributed by atoms with E-state index in [9.17, 15) is 29.4 Å². The largest absolute Gasteiger partial charge is 0.849 e. The van der Waals surface area contributed by atoms with Crippen LogP contribution in [0.3, 0.4) is 0 Å². The quantitative estimate of drug-likeness (QED) is 0.511. The highest BCUT2D eigenvalue weighted by Gasteiger charge is 2.62. The molecule has 2 unspecified atom stereocenters. The summed E-state index contributed by atoms with van der Waals surface area (Å²) < 4.78 is 0. The van der Waals surface area contributed by atoms with Crippen LogP contribution in [0, 0.1) is 34.5 Å². The fraction of sp³-hybridized carbons (Fsp3) is 0.760. The highest BCUT2D eigenvalue weighted by Crippen LogP contribution is 2.66. The topological polar surface area (TPSA) is 112 Å². The van der Waals surface area contributed by atoms with E-state index in [2.05, 4.69) is 6.92 Å². The Hall–Kier alpha value is -1.75. The molecular weight excluding hydrogens is 396 g/mol. The summed E-state index contributed by atoms with van der Waals surface area (Å²) in [6.45, 7) is 4.10. The third kappa shape index (κ3) is 3.44. The molecule has 168 valence electrons. The van der Waals surface area contributed by atoms with Gasteiger partial charge in [0.05, 0.1) is 18.9 Å². The van der Waals surface area contributed by atoms with E-state index in [1.54, 1.807) is 6.29 Å². The van der Waals surface area contributed by atoms with E-state index in [0.717, 1.165) is 25.7 Å². The van der Waals surface area contributed by atoms with Crippen LogP contribution in [0.4, 0.5) is 0 Å². The third-order valence-corrected chi connectivity index (χ3v) is 9.33. The fourth-order valence-electron chi connectivity index (χ4n) is 7.74. The number of hydrogen-bond donors (Lipinski definition) is 1. The number of carbonyl (C=O) groups is 3. The second kappa shape index (κ2) is 7.99. The van der Waals surface area contributed by atoms with E-state index in [-0.39, 0.29) is 72.1 Å². The number of Topliss-reactive ketones (excluding diaryl/α,β-unsaturated/α-hetero) is 2. The van der Waals surface area contributed by atoms with Crippen molar-refractivity contribution in [1.29, 1.82) is 0 Å². The van der Waals surface area contributed by atoms with Crippen LogP contribution in [0.5, 0.6) is 0 Å². The number of rotatable bonds is 6. The maximum Gasteiger partial charge on any atom is 0.506 e. The van der Waals surface area contributed by atoms with Crippen molar-refractivity contribution >= 4 is 23.6 Å². The van der Waals surface area contributed by atoms with Crippen LogP contribution >= 0.6 is 0 Å². The summed E-state index contributed by atoms with van der Waals surface area (Å²) in [4.78, 5) is 47.5. The monoisotopic (exact) mass is 428 g/mol. The van der Waals surface area contributed by atoms with Crippen molar-refractivity contribution in [2.75, 3.05) is 0 Å². The molecule has 6 nitrogen and oxygen atoms in total. The average Bonchev–Trinajstić information content (AvgIpc) is 3.06. The predicted octanol–water partition coefficient (Wildman–Crippen LogP) is 1.86. The maximum atomic E-state index is 13.1. The molecule has 0 radical (unpaired) electrons. The summed E-state index contributed by atoms with van der Waals surface area (Å²) >= 11 is 0. The zero-order chi connectivity index (χ0) is 22.6. The summed E-state index contributed by atoms with van der Waals surface area (Å²) in [6, 6.07) is 0. The van der Waals surface area contributed by atoms with Crippen molar-refractivity contribution in [1.82, 2.24) is 0 Å². The predicted molar refractivity (Wildman–Crippen MR) is 110 cm³/mol. The minimum Gasteiger partial charge on any atom is -0.849 e. The zero-order valence-electron chi connectivity index (χ0n) is 18.4. The molecule has 3 fully saturated rings. The van der Waals surface area contributed by atoms with Gasteiger partial charge in [-0.15, -0.1) is 6.10 Å². The van der Waals surface area contributed by atoms with Crippen LogP contribution in [0.1, 0.15) is 71.6 Å². The zero-order valence-corrected chi connectivity index (χ0v) is 18.4. The van der Waals surface area contributed by atoms with E-state index in [4.69, 9.17) is 0 Å². The van der Waals surface area contributed by atoms with Crippen molar-refractivity contribution in [3.8, 4) is 0 Å². The van der Waals surface area contributed by atoms with Crippen molar-refractivity contribution in [3.05, 3.63) is 11.6 Å². The van der Waals surface area contributed by atoms with Gasteiger partial charge in [0.25, 0.3) is 0 Å². The van der Waals surface area contributed by atoms with Gasteiger partial charge in [0.1, 0.15) is 11.6 Å².